The number of anilines is 1. The molecule has 0 fully saturated rings. The SMILES string of the molecule is Cc1cccc(C(C)C)c1NC(=O)[C@@H](C)OC(=O)c1cc(S(N)(=O)=O)ccc1F. The summed E-state index contributed by atoms with van der Waals surface area (Å²) in [6, 6.07) is 8.11. The second-order valence-corrected chi connectivity index (χ2v) is 8.48. The fourth-order valence-corrected chi connectivity index (χ4v) is 3.22. The lowest BCUT2D eigenvalue weighted by Gasteiger charge is -2.19. The normalized spacial score (nSPS) is 12.5. The first-order chi connectivity index (χ1) is 13.4. The van der Waals surface area contributed by atoms with Crippen molar-refractivity contribution in [3.8, 4) is 0 Å². The molecule has 0 aliphatic heterocycles. The van der Waals surface area contributed by atoms with E-state index >= 15 is 0 Å². The minimum Gasteiger partial charge on any atom is -0.449 e. The molecule has 2 aromatic rings. The van der Waals surface area contributed by atoms with Gasteiger partial charge < -0.3 is 10.1 Å². The summed E-state index contributed by atoms with van der Waals surface area (Å²) in [6.45, 7) is 7.14. The molecule has 0 saturated carbocycles. The Labute approximate surface area is 169 Å². The number of amides is 1. The fraction of sp³-hybridized carbons (Fsp3) is 0.300. The summed E-state index contributed by atoms with van der Waals surface area (Å²) in [5.41, 5.74) is 1.76. The molecule has 1 amide bonds. The molecule has 0 radical (unpaired) electrons. The number of nitrogens with one attached hydrogen (secondary N) is 1. The van der Waals surface area contributed by atoms with Crippen LogP contribution >= 0.6 is 0 Å². The van der Waals surface area contributed by atoms with E-state index in [0.29, 0.717) is 5.69 Å². The molecule has 2 aromatic carbocycles. The van der Waals surface area contributed by atoms with Crippen LogP contribution in [0.5, 0.6) is 0 Å². The lowest BCUT2D eigenvalue weighted by Crippen LogP contribution is -2.31. The smallest absolute Gasteiger partial charge is 0.341 e. The van der Waals surface area contributed by atoms with Gasteiger partial charge in [0.2, 0.25) is 10.0 Å². The van der Waals surface area contributed by atoms with Gasteiger partial charge in [0, 0.05) is 5.69 Å². The number of carbonyl (C=O) groups excluding carboxylic acids is 2. The Bertz CT molecular complexity index is 1050. The van der Waals surface area contributed by atoms with Gasteiger partial charge >= 0.3 is 5.97 Å². The molecule has 0 aromatic heterocycles. The Balaban J connectivity index is 2.20. The number of aryl methyl sites for hydroxylation is 1. The van der Waals surface area contributed by atoms with Crippen molar-refractivity contribution in [3.05, 3.63) is 58.9 Å². The first-order valence-corrected chi connectivity index (χ1v) is 10.4. The van der Waals surface area contributed by atoms with E-state index in [9.17, 15) is 22.4 Å². The maximum absolute atomic E-state index is 14.0. The van der Waals surface area contributed by atoms with Crippen LogP contribution in [0.1, 0.15) is 48.2 Å². The third-order valence-corrected chi connectivity index (χ3v) is 5.23. The van der Waals surface area contributed by atoms with E-state index in [4.69, 9.17) is 9.88 Å². The van der Waals surface area contributed by atoms with Gasteiger partial charge in [0.1, 0.15) is 5.82 Å². The number of para-hydroxylation sites is 1. The predicted octanol–water partition coefficient (Wildman–Crippen LogP) is 3.09. The summed E-state index contributed by atoms with van der Waals surface area (Å²) < 4.78 is 41.8. The second kappa shape index (κ2) is 8.71. The molecule has 0 heterocycles. The topological polar surface area (TPSA) is 116 Å². The highest BCUT2D eigenvalue weighted by atomic mass is 32.2. The standard InChI is InChI=1S/C20H23FN2O5S/c1-11(2)15-7-5-6-12(3)18(15)23-19(24)13(4)28-20(25)16-10-14(29(22,26)27)8-9-17(16)21/h5-11,13H,1-4H3,(H,23,24)(H2,22,26,27)/t13-/m1/s1. The zero-order valence-electron chi connectivity index (χ0n) is 16.5. The monoisotopic (exact) mass is 422 g/mol. The largest absolute Gasteiger partial charge is 0.449 e. The number of hydrogen-bond acceptors (Lipinski definition) is 5. The summed E-state index contributed by atoms with van der Waals surface area (Å²) in [4.78, 5) is 24.4. The van der Waals surface area contributed by atoms with Crippen LogP contribution in [-0.2, 0) is 19.6 Å². The van der Waals surface area contributed by atoms with Crippen LogP contribution in [0.4, 0.5) is 10.1 Å². The van der Waals surface area contributed by atoms with Crippen molar-refractivity contribution in [2.45, 2.75) is 44.6 Å². The molecule has 0 aliphatic rings. The number of esters is 1. The molecule has 3 N–H and O–H groups in total. The van der Waals surface area contributed by atoms with Gasteiger partial charge in [-0.15, -0.1) is 0 Å². The van der Waals surface area contributed by atoms with Crippen molar-refractivity contribution in [2.75, 3.05) is 5.32 Å². The zero-order valence-corrected chi connectivity index (χ0v) is 17.3. The highest BCUT2D eigenvalue weighted by Gasteiger charge is 2.24. The van der Waals surface area contributed by atoms with E-state index in [2.05, 4.69) is 5.32 Å². The maximum atomic E-state index is 14.0. The predicted molar refractivity (Wildman–Crippen MR) is 107 cm³/mol. The summed E-state index contributed by atoms with van der Waals surface area (Å²) >= 11 is 0. The number of primary sulfonamides is 1. The quantitative estimate of drug-likeness (QED) is 0.694. The number of halogens is 1. The molecule has 156 valence electrons. The van der Waals surface area contributed by atoms with E-state index < -0.39 is 44.3 Å². The van der Waals surface area contributed by atoms with Gasteiger partial charge in [-0.3, -0.25) is 4.79 Å². The van der Waals surface area contributed by atoms with Crippen molar-refractivity contribution in [1.82, 2.24) is 0 Å². The number of ether oxygens (including phenoxy) is 1. The van der Waals surface area contributed by atoms with Gasteiger partial charge in [-0.05, 0) is 49.1 Å². The van der Waals surface area contributed by atoms with E-state index in [1.54, 1.807) is 0 Å². The first kappa shape index (κ1) is 22.5. The van der Waals surface area contributed by atoms with E-state index in [1.807, 2.05) is 39.0 Å². The second-order valence-electron chi connectivity index (χ2n) is 6.92. The highest BCUT2D eigenvalue weighted by molar-refractivity contribution is 7.89. The molecular weight excluding hydrogens is 399 g/mol. The van der Waals surface area contributed by atoms with Crippen molar-refractivity contribution in [1.29, 1.82) is 0 Å². The molecule has 0 spiro atoms. The van der Waals surface area contributed by atoms with Gasteiger partial charge in [-0.1, -0.05) is 32.0 Å². The van der Waals surface area contributed by atoms with Crippen molar-refractivity contribution in [2.24, 2.45) is 5.14 Å². The van der Waals surface area contributed by atoms with Crippen LogP contribution in [0.25, 0.3) is 0 Å². The van der Waals surface area contributed by atoms with Gasteiger partial charge in [-0.2, -0.15) is 0 Å². The number of nitrogens with two attached hydrogens (primary N) is 1. The molecule has 9 heteroatoms. The third kappa shape index (κ3) is 5.39. The maximum Gasteiger partial charge on any atom is 0.341 e. The molecule has 0 unspecified atom stereocenters. The molecule has 29 heavy (non-hydrogen) atoms. The molecule has 0 aliphatic carbocycles. The summed E-state index contributed by atoms with van der Waals surface area (Å²) in [5, 5.41) is 7.74. The molecule has 0 bridgehead atoms. The average Bonchev–Trinajstić information content (AvgIpc) is 2.62. The van der Waals surface area contributed by atoms with Gasteiger partial charge in [-0.25, -0.2) is 22.7 Å². The number of benzene rings is 2. The Morgan fingerprint density at radius 2 is 1.79 bits per heavy atom. The Morgan fingerprint density at radius 3 is 2.38 bits per heavy atom. The van der Waals surface area contributed by atoms with Crippen molar-refractivity contribution >= 4 is 27.6 Å². The molecule has 2 rings (SSSR count). The first-order valence-electron chi connectivity index (χ1n) is 8.85. The van der Waals surface area contributed by atoms with Crippen LogP contribution in [0.15, 0.2) is 41.3 Å². The van der Waals surface area contributed by atoms with Crippen LogP contribution in [-0.4, -0.2) is 26.4 Å². The number of sulfonamides is 1. The molecular formula is C20H23FN2O5S. The minimum absolute atomic E-state index is 0.151. The molecule has 0 saturated heterocycles. The van der Waals surface area contributed by atoms with Crippen LogP contribution in [0, 0.1) is 12.7 Å². The minimum atomic E-state index is -4.13. The lowest BCUT2D eigenvalue weighted by molar-refractivity contribution is -0.123. The third-order valence-electron chi connectivity index (χ3n) is 4.31. The number of carbonyl (C=O) groups is 2. The Kier molecular flexibility index (Phi) is 6.76. The lowest BCUT2D eigenvalue weighted by atomic mass is 9.98. The zero-order chi connectivity index (χ0) is 21.9. The molecule has 7 nitrogen and oxygen atoms in total. The van der Waals surface area contributed by atoms with E-state index in [-0.39, 0.29) is 5.92 Å². The van der Waals surface area contributed by atoms with Gasteiger partial charge in [0.25, 0.3) is 5.91 Å². The summed E-state index contributed by atoms with van der Waals surface area (Å²) in [7, 11) is -4.13. The summed E-state index contributed by atoms with van der Waals surface area (Å²) in [6.07, 6.45) is -1.25. The van der Waals surface area contributed by atoms with Gasteiger partial charge in [0.05, 0.1) is 10.5 Å². The van der Waals surface area contributed by atoms with Gasteiger partial charge in [0.15, 0.2) is 6.10 Å². The van der Waals surface area contributed by atoms with Crippen LogP contribution in [0.2, 0.25) is 0 Å². The van der Waals surface area contributed by atoms with E-state index in [0.717, 1.165) is 29.3 Å². The summed E-state index contributed by atoms with van der Waals surface area (Å²) in [5.74, 6) is -2.61. The highest BCUT2D eigenvalue weighted by Crippen LogP contribution is 2.27. The number of rotatable bonds is 6. The Hall–Kier alpha value is -2.78. The fourth-order valence-electron chi connectivity index (χ4n) is 2.68. The average molecular weight is 422 g/mol. The van der Waals surface area contributed by atoms with Crippen LogP contribution < -0.4 is 10.5 Å². The van der Waals surface area contributed by atoms with Crippen molar-refractivity contribution < 1.29 is 27.1 Å². The van der Waals surface area contributed by atoms with Crippen molar-refractivity contribution in [3.63, 3.8) is 0 Å². The van der Waals surface area contributed by atoms with Crippen LogP contribution in [0.3, 0.4) is 0 Å². The Morgan fingerprint density at radius 1 is 1.14 bits per heavy atom. The van der Waals surface area contributed by atoms with E-state index in [1.165, 1.54) is 6.92 Å². The molecule has 1 atom stereocenters. The number of hydrogen-bond donors (Lipinski definition) is 2.